The number of ether oxygens (including phenoxy) is 4. The second-order valence-electron chi connectivity index (χ2n) is 6.33. The van der Waals surface area contributed by atoms with Crippen LogP contribution in [-0.2, 0) is 6.54 Å². The largest absolute Gasteiger partial charge is 0.454 e. The normalized spacial score (nSPS) is 13.2. The van der Waals surface area contributed by atoms with Gasteiger partial charge in [-0.05, 0) is 35.9 Å². The van der Waals surface area contributed by atoms with E-state index < -0.39 is 0 Å². The van der Waals surface area contributed by atoms with Crippen molar-refractivity contribution in [2.45, 2.75) is 6.54 Å². The Hall–Kier alpha value is -4.01. The maximum Gasteiger partial charge on any atom is 0.270 e. The van der Waals surface area contributed by atoms with Gasteiger partial charge in [-0.15, -0.1) is 0 Å². The summed E-state index contributed by atoms with van der Waals surface area (Å²) in [4.78, 5) is 20.9. The molecule has 0 saturated heterocycles. The summed E-state index contributed by atoms with van der Waals surface area (Å²) < 4.78 is 21.3. The molecule has 2 aromatic carbocycles. The van der Waals surface area contributed by atoms with E-state index in [2.05, 4.69) is 20.6 Å². The number of nitrogens with one attached hydrogen (secondary N) is 2. The fourth-order valence-corrected chi connectivity index (χ4v) is 2.97. The molecule has 2 aliphatic rings. The van der Waals surface area contributed by atoms with Crippen LogP contribution < -0.4 is 29.6 Å². The molecule has 0 fully saturated rings. The lowest BCUT2D eigenvalue weighted by Crippen LogP contribution is -2.24. The van der Waals surface area contributed by atoms with E-state index >= 15 is 0 Å². The first kappa shape index (κ1) is 17.1. The summed E-state index contributed by atoms with van der Waals surface area (Å²) in [5, 5.41) is 5.90. The molecule has 0 spiro atoms. The lowest BCUT2D eigenvalue weighted by atomic mass is 10.2. The van der Waals surface area contributed by atoms with E-state index in [4.69, 9.17) is 18.9 Å². The summed E-state index contributed by atoms with van der Waals surface area (Å²) in [6, 6.07) is 12.5. The third kappa shape index (κ3) is 3.57. The molecule has 2 N–H and O–H groups in total. The minimum absolute atomic E-state index is 0.203. The zero-order valence-corrected chi connectivity index (χ0v) is 15.2. The number of aromatic nitrogens is 2. The van der Waals surface area contributed by atoms with Crippen molar-refractivity contribution in [3.05, 3.63) is 59.9 Å². The van der Waals surface area contributed by atoms with Crippen LogP contribution in [0.5, 0.6) is 23.0 Å². The van der Waals surface area contributed by atoms with Gasteiger partial charge >= 0.3 is 0 Å². The van der Waals surface area contributed by atoms with E-state index in [1.54, 1.807) is 18.2 Å². The lowest BCUT2D eigenvalue weighted by Gasteiger charge is -2.08. The molecule has 0 saturated carbocycles. The van der Waals surface area contributed by atoms with E-state index in [9.17, 15) is 4.79 Å². The van der Waals surface area contributed by atoms with Crippen LogP contribution in [0.1, 0.15) is 16.1 Å². The molecule has 1 aromatic heterocycles. The minimum Gasteiger partial charge on any atom is -0.454 e. The molecule has 29 heavy (non-hydrogen) atoms. The number of hydrogen-bond donors (Lipinski definition) is 2. The minimum atomic E-state index is -0.307. The van der Waals surface area contributed by atoms with Crippen molar-refractivity contribution in [1.82, 2.24) is 15.3 Å². The molecular weight excluding hydrogens is 376 g/mol. The number of hydrogen-bond acceptors (Lipinski definition) is 8. The molecule has 0 aliphatic carbocycles. The van der Waals surface area contributed by atoms with Crippen LogP contribution in [0.4, 0.5) is 11.6 Å². The molecule has 1 amide bonds. The average molecular weight is 392 g/mol. The second-order valence-corrected chi connectivity index (χ2v) is 6.33. The van der Waals surface area contributed by atoms with Gasteiger partial charge in [0.15, 0.2) is 23.0 Å². The molecule has 146 valence electrons. The zero-order chi connectivity index (χ0) is 19.6. The molecule has 0 atom stereocenters. The summed E-state index contributed by atoms with van der Waals surface area (Å²) >= 11 is 0. The first-order valence-corrected chi connectivity index (χ1v) is 8.91. The Morgan fingerprint density at radius 2 is 1.62 bits per heavy atom. The van der Waals surface area contributed by atoms with Crippen molar-refractivity contribution >= 4 is 17.5 Å². The van der Waals surface area contributed by atoms with E-state index in [-0.39, 0.29) is 25.2 Å². The molecular formula is C20H16N4O5. The fraction of sp³-hybridized carbons (Fsp3) is 0.150. The van der Waals surface area contributed by atoms with Crippen LogP contribution in [0, 0.1) is 0 Å². The van der Waals surface area contributed by atoms with Gasteiger partial charge in [0, 0.05) is 24.5 Å². The van der Waals surface area contributed by atoms with E-state index in [1.165, 1.54) is 6.20 Å². The average Bonchev–Trinajstić information content (AvgIpc) is 3.40. The van der Waals surface area contributed by atoms with Gasteiger partial charge in [0.2, 0.25) is 19.5 Å². The number of amides is 1. The number of carbonyl (C=O) groups excluding carboxylic acids is 1. The Labute approximate surface area is 165 Å². The van der Waals surface area contributed by atoms with Crippen molar-refractivity contribution in [2.75, 3.05) is 18.9 Å². The van der Waals surface area contributed by atoms with Gasteiger partial charge in [0.1, 0.15) is 5.69 Å². The number of anilines is 2. The number of fused-ring (bicyclic) bond motifs is 2. The standard InChI is InChI=1S/C20H16N4O5/c25-19(22-9-12-1-3-15-17(7-12)28-10-26-15)14-5-6-21-20(24-14)23-13-2-4-16-18(8-13)29-11-27-16/h1-8H,9-11H2,(H,22,25)(H,21,23,24). The Bertz CT molecular complexity index is 1090. The topological polar surface area (TPSA) is 104 Å². The van der Waals surface area contributed by atoms with Crippen LogP contribution in [-0.4, -0.2) is 29.5 Å². The molecule has 9 heteroatoms. The van der Waals surface area contributed by atoms with Crippen molar-refractivity contribution in [3.63, 3.8) is 0 Å². The summed E-state index contributed by atoms with van der Waals surface area (Å²) in [7, 11) is 0. The van der Waals surface area contributed by atoms with Gasteiger partial charge in [0.25, 0.3) is 5.91 Å². The highest BCUT2D eigenvalue weighted by atomic mass is 16.7. The quantitative estimate of drug-likeness (QED) is 0.683. The SMILES string of the molecule is O=C(NCc1ccc2c(c1)OCO2)c1ccnc(Nc2ccc3c(c2)OCO3)n1. The monoisotopic (exact) mass is 392 g/mol. The number of nitrogens with zero attached hydrogens (tertiary/aromatic N) is 2. The first-order valence-electron chi connectivity index (χ1n) is 8.91. The number of benzene rings is 2. The second kappa shape index (κ2) is 7.19. The van der Waals surface area contributed by atoms with E-state index in [0.29, 0.717) is 35.5 Å². The van der Waals surface area contributed by atoms with Crippen LogP contribution in [0.2, 0.25) is 0 Å². The molecule has 0 bridgehead atoms. The first-order chi connectivity index (χ1) is 14.2. The Balaban J connectivity index is 1.25. The van der Waals surface area contributed by atoms with Gasteiger partial charge in [-0.25, -0.2) is 9.97 Å². The van der Waals surface area contributed by atoms with Crippen LogP contribution in [0.25, 0.3) is 0 Å². The third-order valence-corrected chi connectivity index (χ3v) is 4.41. The van der Waals surface area contributed by atoms with Crippen molar-refractivity contribution < 1.29 is 23.7 Å². The molecule has 0 unspecified atom stereocenters. The van der Waals surface area contributed by atoms with Crippen molar-refractivity contribution in [1.29, 1.82) is 0 Å². The number of rotatable bonds is 5. The van der Waals surface area contributed by atoms with Gasteiger partial charge in [0.05, 0.1) is 0 Å². The van der Waals surface area contributed by atoms with Gasteiger partial charge in [-0.2, -0.15) is 0 Å². The van der Waals surface area contributed by atoms with Crippen molar-refractivity contribution in [2.24, 2.45) is 0 Å². The maximum absolute atomic E-state index is 12.5. The van der Waals surface area contributed by atoms with Crippen molar-refractivity contribution in [3.8, 4) is 23.0 Å². The Morgan fingerprint density at radius 3 is 2.45 bits per heavy atom. The zero-order valence-electron chi connectivity index (χ0n) is 15.2. The van der Waals surface area contributed by atoms with Gasteiger partial charge in [-0.3, -0.25) is 4.79 Å². The van der Waals surface area contributed by atoms with Gasteiger partial charge < -0.3 is 29.6 Å². The van der Waals surface area contributed by atoms with Gasteiger partial charge in [-0.1, -0.05) is 6.07 Å². The van der Waals surface area contributed by atoms with Crippen LogP contribution >= 0.6 is 0 Å². The van der Waals surface area contributed by atoms with Crippen LogP contribution in [0.15, 0.2) is 48.7 Å². The predicted molar refractivity (Wildman–Crippen MR) is 102 cm³/mol. The Kier molecular flexibility index (Phi) is 4.24. The third-order valence-electron chi connectivity index (χ3n) is 4.41. The Morgan fingerprint density at radius 1 is 0.897 bits per heavy atom. The highest BCUT2D eigenvalue weighted by molar-refractivity contribution is 5.92. The fourth-order valence-electron chi connectivity index (χ4n) is 2.97. The number of carbonyl (C=O) groups is 1. The summed E-state index contributed by atoms with van der Waals surface area (Å²) in [5.74, 6) is 2.71. The predicted octanol–water partition coefficient (Wildman–Crippen LogP) is 2.61. The molecule has 3 aromatic rings. The van der Waals surface area contributed by atoms with Crippen LogP contribution in [0.3, 0.4) is 0 Å². The highest BCUT2D eigenvalue weighted by Gasteiger charge is 2.16. The molecule has 9 nitrogen and oxygen atoms in total. The van der Waals surface area contributed by atoms with E-state index in [1.807, 2.05) is 24.3 Å². The molecule has 2 aliphatic heterocycles. The summed E-state index contributed by atoms with van der Waals surface area (Å²) in [6.45, 7) is 0.754. The summed E-state index contributed by atoms with van der Waals surface area (Å²) in [6.07, 6.45) is 1.53. The maximum atomic E-state index is 12.5. The molecule has 0 radical (unpaired) electrons. The molecule has 3 heterocycles. The lowest BCUT2D eigenvalue weighted by molar-refractivity contribution is 0.0945. The smallest absolute Gasteiger partial charge is 0.270 e. The molecule has 5 rings (SSSR count). The highest BCUT2D eigenvalue weighted by Crippen LogP contribution is 2.35. The summed E-state index contributed by atoms with van der Waals surface area (Å²) in [5.41, 5.74) is 1.88. The van der Waals surface area contributed by atoms with E-state index in [0.717, 1.165) is 11.3 Å².